The number of aryl methyl sites for hydroxylation is 1. The standard InChI is InChI=1S/C16H21BrO3/c1-11-2-3-13(14(17)8-11)15(18)12-4-6-20-16(9-12)5-7-19-10-16/h2-3,8,12,15,18H,4-7,9-10H2,1H3. The number of rotatable bonds is 2. The summed E-state index contributed by atoms with van der Waals surface area (Å²) in [6.45, 7) is 4.22. The first-order chi connectivity index (χ1) is 9.60. The third kappa shape index (κ3) is 2.80. The van der Waals surface area contributed by atoms with Gasteiger partial charge in [-0.1, -0.05) is 28.1 Å². The van der Waals surface area contributed by atoms with Gasteiger partial charge in [-0.25, -0.2) is 0 Å². The van der Waals surface area contributed by atoms with E-state index in [0.717, 1.165) is 35.9 Å². The van der Waals surface area contributed by atoms with Crippen molar-refractivity contribution >= 4 is 15.9 Å². The monoisotopic (exact) mass is 340 g/mol. The van der Waals surface area contributed by atoms with Crippen LogP contribution in [0.15, 0.2) is 22.7 Å². The minimum atomic E-state index is -0.439. The molecule has 0 radical (unpaired) electrons. The van der Waals surface area contributed by atoms with Crippen molar-refractivity contribution in [2.24, 2.45) is 5.92 Å². The van der Waals surface area contributed by atoms with Gasteiger partial charge in [0.2, 0.25) is 0 Å². The van der Waals surface area contributed by atoms with Crippen molar-refractivity contribution in [2.45, 2.75) is 37.9 Å². The van der Waals surface area contributed by atoms with Crippen molar-refractivity contribution < 1.29 is 14.6 Å². The summed E-state index contributed by atoms with van der Waals surface area (Å²) in [5.74, 6) is 0.240. The molecule has 2 fully saturated rings. The zero-order valence-electron chi connectivity index (χ0n) is 11.8. The molecule has 2 aliphatic heterocycles. The first-order valence-electron chi connectivity index (χ1n) is 7.25. The van der Waals surface area contributed by atoms with Crippen molar-refractivity contribution in [3.63, 3.8) is 0 Å². The fraction of sp³-hybridized carbons (Fsp3) is 0.625. The van der Waals surface area contributed by atoms with Crippen molar-refractivity contribution in [3.05, 3.63) is 33.8 Å². The Morgan fingerprint density at radius 3 is 2.95 bits per heavy atom. The molecule has 20 heavy (non-hydrogen) atoms. The van der Waals surface area contributed by atoms with Crippen LogP contribution in [0, 0.1) is 12.8 Å². The number of hydrogen-bond acceptors (Lipinski definition) is 3. The van der Waals surface area contributed by atoms with Gasteiger partial charge in [0.15, 0.2) is 0 Å². The molecule has 1 spiro atoms. The second-order valence-electron chi connectivity index (χ2n) is 6.06. The number of aliphatic hydroxyl groups excluding tert-OH is 1. The maximum absolute atomic E-state index is 10.7. The molecular weight excluding hydrogens is 320 g/mol. The van der Waals surface area contributed by atoms with Crippen LogP contribution in [-0.2, 0) is 9.47 Å². The largest absolute Gasteiger partial charge is 0.388 e. The Morgan fingerprint density at radius 2 is 2.25 bits per heavy atom. The summed E-state index contributed by atoms with van der Waals surface area (Å²) in [6, 6.07) is 6.14. The van der Waals surface area contributed by atoms with Crippen molar-refractivity contribution in [1.82, 2.24) is 0 Å². The van der Waals surface area contributed by atoms with E-state index in [9.17, 15) is 5.11 Å². The lowest BCUT2D eigenvalue weighted by Crippen LogP contribution is -2.41. The van der Waals surface area contributed by atoms with Gasteiger partial charge in [-0.05, 0) is 42.9 Å². The molecule has 0 aromatic heterocycles. The molecule has 0 saturated carbocycles. The predicted octanol–water partition coefficient (Wildman–Crippen LogP) is 3.38. The zero-order chi connectivity index (χ0) is 14.2. The Morgan fingerprint density at radius 1 is 1.40 bits per heavy atom. The number of benzene rings is 1. The van der Waals surface area contributed by atoms with E-state index in [1.165, 1.54) is 5.56 Å². The maximum Gasteiger partial charge on any atom is 0.0940 e. The maximum atomic E-state index is 10.7. The van der Waals surface area contributed by atoms with E-state index in [1.807, 2.05) is 6.07 Å². The Kier molecular flexibility index (Phi) is 4.18. The Labute approximate surface area is 128 Å². The van der Waals surface area contributed by atoms with Crippen LogP contribution in [0.3, 0.4) is 0 Å². The van der Waals surface area contributed by atoms with Crippen LogP contribution in [-0.4, -0.2) is 30.5 Å². The molecule has 3 atom stereocenters. The summed E-state index contributed by atoms with van der Waals surface area (Å²) >= 11 is 3.57. The van der Waals surface area contributed by atoms with Crippen LogP contribution in [0.25, 0.3) is 0 Å². The van der Waals surface area contributed by atoms with Gasteiger partial charge >= 0.3 is 0 Å². The van der Waals surface area contributed by atoms with Crippen LogP contribution >= 0.6 is 15.9 Å². The van der Waals surface area contributed by atoms with Crippen LogP contribution in [0.4, 0.5) is 0 Å². The molecule has 1 aromatic carbocycles. The first kappa shape index (κ1) is 14.5. The van der Waals surface area contributed by atoms with E-state index < -0.39 is 6.10 Å². The highest BCUT2D eigenvalue weighted by Crippen LogP contribution is 2.42. The predicted molar refractivity (Wildman–Crippen MR) is 80.7 cm³/mol. The quantitative estimate of drug-likeness (QED) is 0.896. The normalized spacial score (nSPS) is 31.6. The topological polar surface area (TPSA) is 38.7 Å². The number of aliphatic hydroxyl groups is 1. The molecule has 2 aliphatic rings. The first-order valence-corrected chi connectivity index (χ1v) is 8.05. The second-order valence-corrected chi connectivity index (χ2v) is 6.91. The van der Waals surface area contributed by atoms with Crippen LogP contribution in [0.1, 0.15) is 36.5 Å². The summed E-state index contributed by atoms with van der Waals surface area (Å²) in [4.78, 5) is 0. The van der Waals surface area contributed by atoms with Gasteiger partial charge in [-0.15, -0.1) is 0 Å². The van der Waals surface area contributed by atoms with Gasteiger partial charge < -0.3 is 14.6 Å². The minimum Gasteiger partial charge on any atom is -0.388 e. The lowest BCUT2D eigenvalue weighted by atomic mass is 9.80. The van der Waals surface area contributed by atoms with Gasteiger partial charge in [0.25, 0.3) is 0 Å². The molecule has 1 aromatic rings. The smallest absolute Gasteiger partial charge is 0.0940 e. The summed E-state index contributed by atoms with van der Waals surface area (Å²) in [7, 11) is 0. The summed E-state index contributed by atoms with van der Waals surface area (Å²) < 4.78 is 12.4. The summed E-state index contributed by atoms with van der Waals surface area (Å²) in [5, 5.41) is 10.7. The molecule has 1 N–H and O–H groups in total. The average Bonchev–Trinajstić information content (AvgIpc) is 2.86. The van der Waals surface area contributed by atoms with Crippen LogP contribution in [0.5, 0.6) is 0 Å². The molecular formula is C16H21BrO3. The summed E-state index contributed by atoms with van der Waals surface area (Å²) in [5.41, 5.74) is 2.03. The van der Waals surface area contributed by atoms with Gasteiger partial charge in [-0.2, -0.15) is 0 Å². The molecule has 3 nitrogen and oxygen atoms in total. The summed E-state index contributed by atoms with van der Waals surface area (Å²) in [6.07, 6.45) is 2.30. The van der Waals surface area contributed by atoms with Gasteiger partial charge in [0, 0.05) is 24.1 Å². The molecule has 3 unspecified atom stereocenters. The SMILES string of the molecule is Cc1ccc(C(O)C2CCOC3(CCOC3)C2)c(Br)c1. The van der Waals surface area contributed by atoms with Crippen molar-refractivity contribution in [3.8, 4) is 0 Å². The molecule has 2 heterocycles. The average molecular weight is 341 g/mol. The van der Waals surface area contributed by atoms with E-state index >= 15 is 0 Å². The zero-order valence-corrected chi connectivity index (χ0v) is 13.4. The van der Waals surface area contributed by atoms with E-state index in [0.29, 0.717) is 13.2 Å². The Hall–Kier alpha value is -0.420. The Balaban J connectivity index is 1.77. The number of halogens is 1. The molecule has 4 heteroatoms. The van der Waals surface area contributed by atoms with Gasteiger partial charge in [0.05, 0.1) is 18.3 Å². The van der Waals surface area contributed by atoms with E-state index in [4.69, 9.17) is 9.47 Å². The lowest BCUT2D eigenvalue weighted by molar-refractivity contribution is -0.117. The second kappa shape index (κ2) is 5.76. The molecule has 0 bridgehead atoms. The minimum absolute atomic E-state index is 0.152. The molecule has 0 aliphatic carbocycles. The Bertz CT molecular complexity index is 483. The third-order valence-corrected chi connectivity index (χ3v) is 5.21. The highest BCUT2D eigenvalue weighted by molar-refractivity contribution is 9.10. The van der Waals surface area contributed by atoms with Crippen molar-refractivity contribution in [2.75, 3.05) is 19.8 Å². The molecule has 3 rings (SSSR count). The highest BCUT2D eigenvalue weighted by Gasteiger charge is 2.43. The van der Waals surface area contributed by atoms with Gasteiger partial charge in [-0.3, -0.25) is 0 Å². The fourth-order valence-corrected chi connectivity index (χ4v) is 4.05. The number of hydrogen-bond donors (Lipinski definition) is 1. The molecule has 110 valence electrons. The third-order valence-electron chi connectivity index (χ3n) is 4.52. The lowest BCUT2D eigenvalue weighted by Gasteiger charge is -2.39. The van der Waals surface area contributed by atoms with Crippen LogP contribution < -0.4 is 0 Å². The fourth-order valence-electron chi connectivity index (χ4n) is 3.32. The van der Waals surface area contributed by atoms with E-state index in [2.05, 4.69) is 35.0 Å². The number of ether oxygens (including phenoxy) is 2. The van der Waals surface area contributed by atoms with E-state index in [1.54, 1.807) is 0 Å². The van der Waals surface area contributed by atoms with Crippen LogP contribution in [0.2, 0.25) is 0 Å². The molecule has 2 saturated heterocycles. The van der Waals surface area contributed by atoms with E-state index in [-0.39, 0.29) is 11.5 Å². The van der Waals surface area contributed by atoms with Crippen molar-refractivity contribution in [1.29, 1.82) is 0 Å². The molecule has 0 amide bonds. The van der Waals surface area contributed by atoms with Gasteiger partial charge in [0.1, 0.15) is 0 Å². The highest BCUT2D eigenvalue weighted by atomic mass is 79.9.